The maximum Gasteiger partial charge on any atom is 0.113 e. The molecule has 0 aliphatic carbocycles. The summed E-state index contributed by atoms with van der Waals surface area (Å²) in [6.45, 7) is 5.26. The average molecular weight is 119 g/mol. The van der Waals surface area contributed by atoms with Crippen molar-refractivity contribution in [2.24, 2.45) is 0 Å². The highest BCUT2D eigenvalue weighted by molar-refractivity contribution is 7.82. The maximum absolute atomic E-state index is 10.2. The lowest BCUT2D eigenvalue weighted by molar-refractivity contribution is 0.682. The predicted octanol–water partition coefficient (Wildman–Crippen LogP) is 0.403. The highest BCUT2D eigenvalue weighted by Gasteiger charge is 1.82. The van der Waals surface area contributed by atoms with Crippen LogP contribution in [0.25, 0.3) is 0 Å². The van der Waals surface area contributed by atoms with E-state index < -0.39 is 11.0 Å². The van der Waals surface area contributed by atoms with Gasteiger partial charge in [0.25, 0.3) is 0 Å². The third-order valence-electron chi connectivity index (χ3n) is 0.318. The molecule has 0 aromatic carbocycles. The van der Waals surface area contributed by atoms with Crippen LogP contribution in [0.1, 0.15) is 6.92 Å². The molecule has 0 spiro atoms. The van der Waals surface area contributed by atoms with Crippen molar-refractivity contribution in [3.63, 3.8) is 0 Å². The predicted molar refractivity (Wildman–Crippen MR) is 32.0 cm³/mol. The Kier molecular flexibility index (Phi) is 2.67. The molecule has 3 heteroatoms. The van der Waals surface area contributed by atoms with Gasteiger partial charge in [-0.25, -0.2) is 4.21 Å². The zero-order chi connectivity index (χ0) is 5.86. The average Bonchev–Trinajstić information content (AvgIpc) is 1.27. The molecule has 1 unspecified atom stereocenters. The van der Waals surface area contributed by atoms with E-state index in [1.807, 2.05) is 0 Å². The van der Waals surface area contributed by atoms with E-state index in [4.69, 9.17) is 0 Å². The maximum atomic E-state index is 10.2. The third-order valence-corrected chi connectivity index (χ3v) is 0.954. The second kappa shape index (κ2) is 2.80. The number of hydrogen-bond donors (Lipinski definition) is 1. The van der Waals surface area contributed by atoms with Gasteiger partial charge < -0.3 is 4.72 Å². The van der Waals surface area contributed by atoms with Gasteiger partial charge in [0, 0.05) is 12.0 Å². The van der Waals surface area contributed by atoms with E-state index >= 15 is 0 Å². The lowest BCUT2D eigenvalue weighted by atomic mass is 10.6. The summed E-state index contributed by atoms with van der Waals surface area (Å²) in [6.07, 6.45) is 1.56. The first-order chi connectivity index (χ1) is 3.13. The molecule has 0 saturated carbocycles. The van der Waals surface area contributed by atoms with Crippen molar-refractivity contribution in [3.05, 3.63) is 12.3 Å². The summed E-state index contributed by atoms with van der Waals surface area (Å²) in [5, 5.41) is 0. The van der Waals surface area contributed by atoms with E-state index in [-0.39, 0.29) is 0 Å². The van der Waals surface area contributed by atoms with Crippen LogP contribution in [0.4, 0.5) is 0 Å². The van der Waals surface area contributed by atoms with Gasteiger partial charge >= 0.3 is 0 Å². The molecule has 0 aliphatic heterocycles. The van der Waals surface area contributed by atoms with Gasteiger partial charge in [-0.15, -0.1) is 0 Å². The van der Waals surface area contributed by atoms with Crippen LogP contribution < -0.4 is 4.72 Å². The molecule has 0 rings (SSSR count). The smallest absolute Gasteiger partial charge is 0.113 e. The summed E-state index contributed by atoms with van der Waals surface area (Å²) in [6, 6.07) is 0. The van der Waals surface area contributed by atoms with E-state index in [0.29, 0.717) is 0 Å². The fraction of sp³-hybridized carbons (Fsp3) is 0.500. The van der Waals surface area contributed by atoms with E-state index in [9.17, 15) is 4.21 Å². The minimum atomic E-state index is -0.945. The molecule has 0 fully saturated rings. The molecule has 0 saturated heterocycles. The second-order valence-corrected chi connectivity index (χ2v) is 2.45. The molecule has 0 radical (unpaired) electrons. The molecule has 42 valence electrons. The Morgan fingerprint density at radius 3 is 2.29 bits per heavy atom. The number of allylic oxidation sites excluding steroid dienone is 1. The van der Waals surface area contributed by atoms with Gasteiger partial charge in [0.1, 0.15) is 11.0 Å². The van der Waals surface area contributed by atoms with Gasteiger partial charge in [-0.1, -0.05) is 6.58 Å². The summed E-state index contributed by atoms with van der Waals surface area (Å²) in [5.41, 5.74) is 0.737. The van der Waals surface area contributed by atoms with Crippen molar-refractivity contribution in [3.8, 4) is 0 Å². The van der Waals surface area contributed by atoms with Crippen LogP contribution in [0.15, 0.2) is 12.3 Å². The van der Waals surface area contributed by atoms with Crippen molar-refractivity contribution in [2.75, 3.05) is 6.26 Å². The van der Waals surface area contributed by atoms with Gasteiger partial charge in [-0.05, 0) is 6.92 Å². The Bertz CT molecular complexity index is 87.9. The summed E-state index contributed by atoms with van der Waals surface area (Å²) in [4.78, 5) is 0. The molecule has 0 aliphatic rings. The van der Waals surface area contributed by atoms with Crippen LogP contribution in [-0.2, 0) is 11.0 Å². The first-order valence-corrected chi connectivity index (χ1v) is 3.44. The summed E-state index contributed by atoms with van der Waals surface area (Å²) in [5.74, 6) is 0. The van der Waals surface area contributed by atoms with Crippen molar-refractivity contribution in [1.29, 1.82) is 0 Å². The first kappa shape index (κ1) is 6.69. The Morgan fingerprint density at radius 2 is 2.29 bits per heavy atom. The minimum absolute atomic E-state index is 0.737. The highest BCUT2D eigenvalue weighted by Crippen LogP contribution is 1.76. The van der Waals surface area contributed by atoms with E-state index in [1.54, 1.807) is 13.2 Å². The largest absolute Gasteiger partial charge is 0.310 e. The Morgan fingerprint density at radius 1 is 1.86 bits per heavy atom. The number of nitrogens with one attached hydrogen (secondary N) is 1. The number of hydrogen-bond acceptors (Lipinski definition) is 1. The Labute approximate surface area is 46.2 Å². The molecule has 0 aromatic rings. The SMILES string of the molecule is C=C(C)NS(C)=O. The molecule has 0 aromatic heterocycles. The lowest BCUT2D eigenvalue weighted by Crippen LogP contribution is -2.11. The molecule has 0 bridgehead atoms. The summed E-state index contributed by atoms with van der Waals surface area (Å²) in [7, 11) is -0.945. The summed E-state index contributed by atoms with van der Waals surface area (Å²) >= 11 is 0. The van der Waals surface area contributed by atoms with Crippen LogP contribution in [-0.4, -0.2) is 10.5 Å². The zero-order valence-corrected chi connectivity index (χ0v) is 5.34. The monoisotopic (exact) mass is 119 g/mol. The zero-order valence-electron chi connectivity index (χ0n) is 4.52. The summed E-state index contributed by atoms with van der Waals surface area (Å²) < 4.78 is 12.8. The van der Waals surface area contributed by atoms with Crippen LogP contribution in [0.3, 0.4) is 0 Å². The molecule has 0 heterocycles. The van der Waals surface area contributed by atoms with Crippen molar-refractivity contribution in [2.45, 2.75) is 6.92 Å². The fourth-order valence-electron chi connectivity index (χ4n) is 0.245. The molecule has 0 amide bonds. The van der Waals surface area contributed by atoms with E-state index in [0.717, 1.165) is 5.70 Å². The molecule has 2 nitrogen and oxygen atoms in total. The van der Waals surface area contributed by atoms with E-state index in [2.05, 4.69) is 11.3 Å². The molecule has 1 atom stereocenters. The fourth-order valence-corrected chi connectivity index (χ4v) is 0.736. The molecular weight excluding hydrogens is 110 g/mol. The first-order valence-electron chi connectivity index (χ1n) is 1.88. The van der Waals surface area contributed by atoms with Crippen LogP contribution >= 0.6 is 0 Å². The topological polar surface area (TPSA) is 29.1 Å². The van der Waals surface area contributed by atoms with Crippen molar-refractivity contribution < 1.29 is 4.21 Å². The molecule has 1 N–H and O–H groups in total. The third kappa shape index (κ3) is 5.69. The van der Waals surface area contributed by atoms with Crippen LogP contribution in [0.2, 0.25) is 0 Å². The van der Waals surface area contributed by atoms with Crippen LogP contribution in [0.5, 0.6) is 0 Å². The van der Waals surface area contributed by atoms with Gasteiger partial charge in [-0.2, -0.15) is 0 Å². The van der Waals surface area contributed by atoms with Crippen molar-refractivity contribution >= 4 is 11.0 Å². The van der Waals surface area contributed by atoms with Gasteiger partial charge in [0.15, 0.2) is 0 Å². The van der Waals surface area contributed by atoms with Crippen LogP contribution in [0, 0.1) is 0 Å². The van der Waals surface area contributed by atoms with Gasteiger partial charge in [0.05, 0.1) is 0 Å². The van der Waals surface area contributed by atoms with E-state index in [1.165, 1.54) is 0 Å². The molecular formula is C4H9NOS. The van der Waals surface area contributed by atoms with Gasteiger partial charge in [0.2, 0.25) is 0 Å². The lowest BCUT2D eigenvalue weighted by Gasteiger charge is -1.95. The van der Waals surface area contributed by atoms with Crippen molar-refractivity contribution in [1.82, 2.24) is 4.72 Å². The highest BCUT2D eigenvalue weighted by atomic mass is 32.2. The Hall–Kier alpha value is -0.310. The quantitative estimate of drug-likeness (QED) is 0.560. The van der Waals surface area contributed by atoms with Gasteiger partial charge in [-0.3, -0.25) is 0 Å². The normalized spacial score (nSPS) is 12.9. The Balaban J connectivity index is 3.32. The standard InChI is InChI=1S/C4H9NOS/c1-4(2)5-7(3)6/h5H,1H2,2-3H3. The number of rotatable bonds is 2. The minimum Gasteiger partial charge on any atom is -0.310 e. The second-order valence-electron chi connectivity index (χ2n) is 1.34. The molecule has 7 heavy (non-hydrogen) atoms.